The predicted molar refractivity (Wildman–Crippen MR) is 92.5 cm³/mol. The van der Waals surface area contributed by atoms with E-state index in [-0.39, 0.29) is 28.5 Å². The third-order valence-corrected chi connectivity index (χ3v) is 8.74. The van der Waals surface area contributed by atoms with Crippen molar-refractivity contribution in [2.24, 2.45) is 11.8 Å². The molecule has 1 saturated carbocycles. The van der Waals surface area contributed by atoms with E-state index in [1.807, 2.05) is 0 Å². The van der Waals surface area contributed by atoms with Crippen molar-refractivity contribution >= 4 is 33.2 Å². The Bertz CT molecular complexity index is 519. The zero-order valence-electron chi connectivity index (χ0n) is 13.2. The fraction of sp³-hybridized carbons (Fsp3) is 1.00. The number of hydrogen-bond donors (Lipinski definition) is 2. The van der Waals surface area contributed by atoms with Gasteiger partial charge in [0.1, 0.15) is 0 Å². The molecule has 0 aromatic heterocycles. The second kappa shape index (κ2) is 7.34. The van der Waals surface area contributed by atoms with Crippen molar-refractivity contribution < 1.29 is 13.5 Å². The predicted octanol–water partition coefficient (Wildman–Crippen LogP) is 1.38. The Morgan fingerprint density at radius 2 is 2.00 bits per heavy atom. The summed E-state index contributed by atoms with van der Waals surface area (Å²) in [6.45, 7) is 1.99. The van der Waals surface area contributed by atoms with Crippen LogP contribution in [-0.4, -0.2) is 66.1 Å². The van der Waals surface area contributed by atoms with Crippen molar-refractivity contribution in [1.82, 2.24) is 9.62 Å². The van der Waals surface area contributed by atoms with Crippen molar-refractivity contribution in [2.45, 2.75) is 55.0 Å². The standard InChI is InChI=1S/C15H26Cl2N2O3S/c16-12-2-3-13(20)14(15(12)17)10-4-5-18-11(8-10)9-19-6-1-7-23(19,21)22/h10-15,18,20H,1-9H2. The first-order chi connectivity index (χ1) is 10.9. The van der Waals surface area contributed by atoms with Crippen LogP contribution in [0.4, 0.5) is 0 Å². The number of aliphatic hydroxyl groups excluding tert-OH is 1. The van der Waals surface area contributed by atoms with Gasteiger partial charge < -0.3 is 10.4 Å². The van der Waals surface area contributed by atoms with Gasteiger partial charge in [0.05, 0.1) is 22.6 Å². The Morgan fingerprint density at radius 1 is 1.22 bits per heavy atom. The quantitative estimate of drug-likeness (QED) is 0.721. The SMILES string of the molecule is O=S1(=O)CCCN1CC1CC(C2C(O)CCC(Cl)C2Cl)CCN1. The first kappa shape index (κ1) is 18.2. The average Bonchev–Trinajstić information content (AvgIpc) is 2.83. The number of nitrogens with one attached hydrogen (secondary N) is 1. The molecule has 3 rings (SSSR count). The largest absolute Gasteiger partial charge is 0.393 e. The highest BCUT2D eigenvalue weighted by atomic mass is 35.5. The molecule has 1 aliphatic carbocycles. The van der Waals surface area contributed by atoms with E-state index >= 15 is 0 Å². The molecule has 2 heterocycles. The summed E-state index contributed by atoms with van der Waals surface area (Å²) in [7, 11) is -3.06. The van der Waals surface area contributed by atoms with E-state index in [4.69, 9.17) is 23.2 Å². The molecule has 0 aromatic rings. The number of alkyl halides is 2. The Hall–Kier alpha value is 0.410. The first-order valence-corrected chi connectivity index (χ1v) is 11.0. The van der Waals surface area contributed by atoms with Gasteiger partial charge in [0, 0.05) is 25.0 Å². The van der Waals surface area contributed by atoms with Crippen LogP contribution in [0.1, 0.15) is 32.1 Å². The van der Waals surface area contributed by atoms with Crippen molar-refractivity contribution in [3.63, 3.8) is 0 Å². The third kappa shape index (κ3) is 3.98. The van der Waals surface area contributed by atoms with E-state index in [0.29, 0.717) is 25.4 Å². The van der Waals surface area contributed by atoms with Crippen LogP contribution < -0.4 is 5.32 Å². The molecule has 5 nitrogen and oxygen atoms in total. The van der Waals surface area contributed by atoms with Crippen molar-refractivity contribution in [3.8, 4) is 0 Å². The number of nitrogens with zero attached hydrogens (tertiary/aromatic N) is 1. The second-order valence-corrected chi connectivity index (χ2v) is 10.3. The van der Waals surface area contributed by atoms with Gasteiger partial charge in [-0.2, -0.15) is 0 Å². The zero-order chi connectivity index (χ0) is 16.6. The molecule has 134 valence electrons. The van der Waals surface area contributed by atoms with E-state index in [9.17, 15) is 13.5 Å². The molecular formula is C15H26Cl2N2O3S. The van der Waals surface area contributed by atoms with Gasteiger partial charge in [-0.15, -0.1) is 23.2 Å². The zero-order valence-corrected chi connectivity index (χ0v) is 15.5. The number of sulfonamides is 1. The summed E-state index contributed by atoms with van der Waals surface area (Å²) in [6, 6.07) is 0.133. The fourth-order valence-corrected chi connectivity index (χ4v) is 6.74. The lowest BCUT2D eigenvalue weighted by Gasteiger charge is -2.43. The molecule has 6 unspecified atom stereocenters. The molecule has 0 aromatic carbocycles. The number of halogens is 2. The van der Waals surface area contributed by atoms with Crippen molar-refractivity contribution in [2.75, 3.05) is 25.4 Å². The molecule has 8 heteroatoms. The van der Waals surface area contributed by atoms with Crippen LogP contribution in [0, 0.1) is 11.8 Å². The molecular weight excluding hydrogens is 359 g/mol. The van der Waals surface area contributed by atoms with E-state index in [1.54, 1.807) is 4.31 Å². The normalized spacial score (nSPS) is 45.2. The van der Waals surface area contributed by atoms with Gasteiger partial charge in [-0.3, -0.25) is 0 Å². The molecule has 2 aliphatic heterocycles. The number of rotatable bonds is 3. The van der Waals surface area contributed by atoms with Gasteiger partial charge in [-0.1, -0.05) is 0 Å². The average molecular weight is 385 g/mol. The van der Waals surface area contributed by atoms with Gasteiger partial charge >= 0.3 is 0 Å². The molecule has 0 radical (unpaired) electrons. The lowest BCUT2D eigenvalue weighted by Crippen LogP contribution is -2.51. The highest BCUT2D eigenvalue weighted by Gasteiger charge is 2.43. The van der Waals surface area contributed by atoms with E-state index in [2.05, 4.69) is 5.32 Å². The van der Waals surface area contributed by atoms with Crippen LogP contribution in [0.5, 0.6) is 0 Å². The van der Waals surface area contributed by atoms with Crippen molar-refractivity contribution in [3.05, 3.63) is 0 Å². The molecule has 0 spiro atoms. The Kier molecular flexibility index (Phi) is 5.81. The summed E-state index contributed by atoms with van der Waals surface area (Å²) in [5.41, 5.74) is 0. The van der Waals surface area contributed by atoms with Crippen LogP contribution in [0.2, 0.25) is 0 Å². The highest BCUT2D eigenvalue weighted by Crippen LogP contribution is 2.41. The van der Waals surface area contributed by atoms with Gasteiger partial charge in [-0.25, -0.2) is 12.7 Å². The molecule has 23 heavy (non-hydrogen) atoms. The summed E-state index contributed by atoms with van der Waals surface area (Å²) in [6.07, 6.45) is 3.59. The lowest BCUT2D eigenvalue weighted by atomic mass is 9.72. The van der Waals surface area contributed by atoms with Crippen molar-refractivity contribution in [1.29, 1.82) is 0 Å². The maximum atomic E-state index is 12.0. The molecule has 3 aliphatic rings. The van der Waals surface area contributed by atoms with Crippen LogP contribution in [0.25, 0.3) is 0 Å². The lowest BCUT2D eigenvalue weighted by molar-refractivity contribution is 0.0258. The molecule has 6 atom stereocenters. The van der Waals surface area contributed by atoms with Crippen LogP contribution in [-0.2, 0) is 10.0 Å². The summed E-state index contributed by atoms with van der Waals surface area (Å²) in [5, 5.41) is 13.5. The van der Waals surface area contributed by atoms with Crippen LogP contribution in [0.15, 0.2) is 0 Å². The number of piperidine rings is 1. The Labute approximate surface area is 148 Å². The molecule has 0 amide bonds. The Morgan fingerprint density at radius 3 is 2.70 bits per heavy atom. The maximum Gasteiger partial charge on any atom is 0.214 e. The molecule has 3 fully saturated rings. The van der Waals surface area contributed by atoms with E-state index in [0.717, 1.165) is 32.2 Å². The van der Waals surface area contributed by atoms with Crippen LogP contribution in [0.3, 0.4) is 0 Å². The number of aliphatic hydroxyl groups is 1. The fourth-order valence-electron chi connectivity index (χ4n) is 4.38. The van der Waals surface area contributed by atoms with Gasteiger partial charge in [-0.05, 0) is 44.6 Å². The minimum absolute atomic E-state index is 0.00713. The summed E-state index contributed by atoms with van der Waals surface area (Å²) in [4.78, 5) is 0. The minimum Gasteiger partial charge on any atom is -0.393 e. The van der Waals surface area contributed by atoms with E-state index in [1.165, 1.54) is 0 Å². The smallest absolute Gasteiger partial charge is 0.214 e. The molecule has 2 saturated heterocycles. The van der Waals surface area contributed by atoms with E-state index < -0.39 is 16.1 Å². The topological polar surface area (TPSA) is 69.6 Å². The number of hydrogen-bond acceptors (Lipinski definition) is 4. The van der Waals surface area contributed by atoms with Gasteiger partial charge in [0.15, 0.2) is 0 Å². The minimum atomic E-state index is -3.06. The summed E-state index contributed by atoms with van der Waals surface area (Å²) in [5.74, 6) is 0.570. The van der Waals surface area contributed by atoms with Gasteiger partial charge in [0.25, 0.3) is 0 Å². The Balaban J connectivity index is 1.63. The highest BCUT2D eigenvalue weighted by molar-refractivity contribution is 7.89. The monoisotopic (exact) mass is 384 g/mol. The molecule has 0 bridgehead atoms. The molecule has 2 N–H and O–H groups in total. The third-order valence-electron chi connectivity index (χ3n) is 5.60. The second-order valence-electron chi connectivity index (χ2n) is 7.15. The first-order valence-electron chi connectivity index (χ1n) is 8.56. The summed E-state index contributed by atoms with van der Waals surface area (Å²) < 4.78 is 25.6. The van der Waals surface area contributed by atoms with Crippen LogP contribution >= 0.6 is 23.2 Å². The maximum absolute atomic E-state index is 12.0. The van der Waals surface area contributed by atoms with Gasteiger partial charge in [0.2, 0.25) is 10.0 Å². The summed E-state index contributed by atoms with van der Waals surface area (Å²) >= 11 is 12.8.